The summed E-state index contributed by atoms with van der Waals surface area (Å²) in [6, 6.07) is 15.8. The zero-order valence-corrected chi connectivity index (χ0v) is 10.9. The Labute approximate surface area is 113 Å². The molecule has 19 heavy (non-hydrogen) atoms. The Balaban J connectivity index is 1.83. The van der Waals surface area contributed by atoms with Gasteiger partial charge in [0.2, 0.25) is 0 Å². The molecule has 0 fully saturated rings. The minimum absolute atomic E-state index is 0.0669. The third-order valence-corrected chi connectivity index (χ3v) is 3.60. The van der Waals surface area contributed by atoms with Crippen LogP contribution < -0.4 is 4.74 Å². The molecule has 1 aliphatic rings. The Morgan fingerprint density at radius 1 is 1.16 bits per heavy atom. The highest BCUT2D eigenvalue weighted by Crippen LogP contribution is 2.34. The summed E-state index contributed by atoms with van der Waals surface area (Å²) in [4.78, 5) is 11.4. The Hall–Kier alpha value is -2.09. The molecule has 0 spiro atoms. The molecular weight excluding hydrogens is 236 g/mol. The van der Waals surface area contributed by atoms with Gasteiger partial charge in [0.15, 0.2) is 5.78 Å². The van der Waals surface area contributed by atoms with Crippen LogP contribution in [0.4, 0.5) is 0 Å². The van der Waals surface area contributed by atoms with Crippen molar-refractivity contribution in [1.82, 2.24) is 0 Å². The SMILES string of the molecule is CC(=O)c1cccc(OC2CCc3ccccc32)c1. The van der Waals surface area contributed by atoms with E-state index in [1.165, 1.54) is 11.1 Å². The molecule has 1 aliphatic carbocycles. The number of rotatable bonds is 3. The number of hydrogen-bond donors (Lipinski definition) is 0. The molecule has 2 heteroatoms. The first-order chi connectivity index (χ1) is 9.24. The fraction of sp³-hybridized carbons (Fsp3) is 0.235. The predicted molar refractivity (Wildman–Crippen MR) is 74.6 cm³/mol. The number of ketones is 1. The number of aryl methyl sites for hydroxylation is 1. The quantitative estimate of drug-likeness (QED) is 0.773. The van der Waals surface area contributed by atoms with Gasteiger partial charge in [-0.2, -0.15) is 0 Å². The van der Waals surface area contributed by atoms with E-state index in [1.54, 1.807) is 6.92 Å². The van der Waals surface area contributed by atoms with Crippen LogP contribution >= 0.6 is 0 Å². The summed E-state index contributed by atoms with van der Waals surface area (Å²) < 4.78 is 6.04. The topological polar surface area (TPSA) is 26.3 Å². The fourth-order valence-corrected chi connectivity index (χ4v) is 2.59. The Bertz CT molecular complexity index is 616. The number of ether oxygens (including phenoxy) is 1. The van der Waals surface area contributed by atoms with Gasteiger partial charge in [-0.15, -0.1) is 0 Å². The minimum atomic E-state index is 0.0669. The van der Waals surface area contributed by atoms with Gasteiger partial charge < -0.3 is 4.74 Å². The van der Waals surface area contributed by atoms with Gasteiger partial charge in [0.25, 0.3) is 0 Å². The molecule has 2 aromatic rings. The lowest BCUT2D eigenvalue weighted by molar-refractivity contribution is 0.101. The third-order valence-electron chi connectivity index (χ3n) is 3.60. The third kappa shape index (κ3) is 2.39. The molecule has 1 unspecified atom stereocenters. The average molecular weight is 252 g/mol. The second kappa shape index (κ2) is 4.88. The lowest BCUT2D eigenvalue weighted by Crippen LogP contribution is -2.04. The van der Waals surface area contributed by atoms with Crippen LogP contribution in [0.1, 0.15) is 40.9 Å². The van der Waals surface area contributed by atoms with Crippen LogP contribution in [0.25, 0.3) is 0 Å². The van der Waals surface area contributed by atoms with Gasteiger partial charge in [0.1, 0.15) is 11.9 Å². The highest BCUT2D eigenvalue weighted by molar-refractivity contribution is 5.94. The van der Waals surface area contributed by atoms with Crippen molar-refractivity contribution in [2.75, 3.05) is 0 Å². The molecule has 0 saturated heterocycles. The molecule has 0 N–H and O–H groups in total. The van der Waals surface area contributed by atoms with Crippen molar-refractivity contribution < 1.29 is 9.53 Å². The zero-order chi connectivity index (χ0) is 13.2. The molecule has 0 aliphatic heterocycles. The fourth-order valence-electron chi connectivity index (χ4n) is 2.59. The maximum atomic E-state index is 11.4. The van der Waals surface area contributed by atoms with Crippen molar-refractivity contribution in [3.05, 3.63) is 65.2 Å². The van der Waals surface area contributed by atoms with E-state index in [1.807, 2.05) is 30.3 Å². The summed E-state index contributed by atoms with van der Waals surface area (Å²) in [7, 11) is 0. The average Bonchev–Trinajstić information content (AvgIpc) is 2.83. The van der Waals surface area contributed by atoms with E-state index in [4.69, 9.17) is 4.74 Å². The van der Waals surface area contributed by atoms with E-state index >= 15 is 0 Å². The Morgan fingerprint density at radius 3 is 2.84 bits per heavy atom. The number of benzene rings is 2. The van der Waals surface area contributed by atoms with Crippen molar-refractivity contribution in [3.8, 4) is 5.75 Å². The van der Waals surface area contributed by atoms with Gasteiger partial charge in [-0.25, -0.2) is 0 Å². The Kier molecular flexibility index (Phi) is 3.08. The van der Waals surface area contributed by atoms with E-state index < -0.39 is 0 Å². The van der Waals surface area contributed by atoms with Crippen molar-refractivity contribution in [1.29, 1.82) is 0 Å². The normalized spacial score (nSPS) is 17.0. The molecule has 0 bridgehead atoms. The van der Waals surface area contributed by atoms with Gasteiger partial charge in [0.05, 0.1) is 0 Å². The maximum Gasteiger partial charge on any atom is 0.159 e. The minimum Gasteiger partial charge on any atom is -0.486 e. The van der Waals surface area contributed by atoms with Gasteiger partial charge in [-0.05, 0) is 43.0 Å². The zero-order valence-electron chi connectivity index (χ0n) is 10.9. The molecule has 2 nitrogen and oxygen atoms in total. The highest BCUT2D eigenvalue weighted by atomic mass is 16.5. The van der Waals surface area contributed by atoms with E-state index in [2.05, 4.69) is 18.2 Å². The number of Topliss-reactive ketones (excluding diaryl/α,β-unsaturated/α-hetero) is 1. The molecule has 0 radical (unpaired) electrons. The second-order valence-corrected chi connectivity index (χ2v) is 4.93. The maximum absolute atomic E-state index is 11.4. The van der Waals surface area contributed by atoms with Gasteiger partial charge in [-0.1, -0.05) is 36.4 Å². The van der Waals surface area contributed by atoms with E-state index in [0.29, 0.717) is 5.56 Å². The van der Waals surface area contributed by atoms with Crippen LogP contribution in [-0.2, 0) is 6.42 Å². The first-order valence-electron chi connectivity index (χ1n) is 6.59. The first kappa shape index (κ1) is 12.0. The van der Waals surface area contributed by atoms with Gasteiger partial charge >= 0.3 is 0 Å². The standard InChI is InChI=1S/C17H16O2/c1-12(18)14-6-4-7-15(11-14)19-17-10-9-13-5-2-3-8-16(13)17/h2-8,11,17H,9-10H2,1H3. The smallest absolute Gasteiger partial charge is 0.159 e. The molecule has 2 aromatic carbocycles. The van der Waals surface area contributed by atoms with Crippen molar-refractivity contribution in [2.45, 2.75) is 25.9 Å². The van der Waals surface area contributed by atoms with E-state index in [9.17, 15) is 4.79 Å². The van der Waals surface area contributed by atoms with E-state index in [0.717, 1.165) is 18.6 Å². The lowest BCUT2D eigenvalue weighted by atomic mass is 10.1. The first-order valence-corrected chi connectivity index (χ1v) is 6.59. The monoisotopic (exact) mass is 252 g/mol. The molecule has 3 rings (SSSR count). The van der Waals surface area contributed by atoms with Crippen LogP contribution in [0, 0.1) is 0 Å². The Morgan fingerprint density at radius 2 is 2.00 bits per heavy atom. The molecule has 0 amide bonds. The molecule has 0 heterocycles. The molecule has 0 aromatic heterocycles. The summed E-state index contributed by atoms with van der Waals surface area (Å²) in [6.45, 7) is 1.57. The van der Waals surface area contributed by atoms with Gasteiger partial charge in [-0.3, -0.25) is 4.79 Å². The summed E-state index contributed by atoms with van der Waals surface area (Å²) in [5.74, 6) is 0.840. The lowest BCUT2D eigenvalue weighted by Gasteiger charge is -2.15. The molecule has 96 valence electrons. The number of carbonyl (C=O) groups is 1. The summed E-state index contributed by atoms with van der Waals surface area (Å²) in [6.07, 6.45) is 2.18. The van der Waals surface area contributed by atoms with Crippen molar-refractivity contribution in [2.24, 2.45) is 0 Å². The number of carbonyl (C=O) groups excluding carboxylic acids is 1. The summed E-state index contributed by atoms with van der Waals surface area (Å²) in [5, 5.41) is 0. The van der Waals surface area contributed by atoms with E-state index in [-0.39, 0.29) is 11.9 Å². The highest BCUT2D eigenvalue weighted by Gasteiger charge is 2.23. The van der Waals surface area contributed by atoms with Crippen LogP contribution in [-0.4, -0.2) is 5.78 Å². The summed E-state index contributed by atoms with van der Waals surface area (Å²) in [5.41, 5.74) is 3.34. The van der Waals surface area contributed by atoms with Crippen LogP contribution in [0.15, 0.2) is 48.5 Å². The predicted octanol–water partition coefficient (Wildman–Crippen LogP) is 3.96. The van der Waals surface area contributed by atoms with Crippen LogP contribution in [0.3, 0.4) is 0 Å². The van der Waals surface area contributed by atoms with Crippen molar-refractivity contribution in [3.63, 3.8) is 0 Å². The van der Waals surface area contributed by atoms with Gasteiger partial charge in [0, 0.05) is 5.56 Å². The van der Waals surface area contributed by atoms with Crippen LogP contribution in [0.2, 0.25) is 0 Å². The van der Waals surface area contributed by atoms with Crippen molar-refractivity contribution >= 4 is 5.78 Å². The molecule has 0 saturated carbocycles. The second-order valence-electron chi connectivity index (χ2n) is 4.93. The number of hydrogen-bond acceptors (Lipinski definition) is 2. The van der Waals surface area contributed by atoms with Crippen LogP contribution in [0.5, 0.6) is 5.75 Å². The number of fused-ring (bicyclic) bond motifs is 1. The molecular formula is C17H16O2. The summed E-state index contributed by atoms with van der Waals surface area (Å²) >= 11 is 0. The largest absolute Gasteiger partial charge is 0.486 e. The molecule has 1 atom stereocenters.